The van der Waals surface area contributed by atoms with Crippen LogP contribution >= 0.6 is 0 Å². The summed E-state index contributed by atoms with van der Waals surface area (Å²) in [7, 11) is 1.34. The molecule has 1 N–H and O–H groups in total. The molecule has 0 unspecified atom stereocenters. The standard InChI is InChI=1S/C26H22N6O5/c1-36-37-30-25-21(26(33)32(27-25)19-7-3-2-4-8-19)15-17-9-12-24-18(14-17)6-5-13-31(24)20-10-11-22(28-34)23(16-20)29-35/h2-4,7-12,14-16H,5-6,13H2,1H3,(H,27,30)/b21-15-. The monoisotopic (exact) mass is 498 g/mol. The molecule has 0 aromatic heterocycles. The first kappa shape index (κ1) is 24.0. The number of hydrazone groups is 1. The Labute approximate surface area is 211 Å². The summed E-state index contributed by atoms with van der Waals surface area (Å²) >= 11 is 0. The fourth-order valence-electron chi connectivity index (χ4n) is 4.42. The Balaban J connectivity index is 1.47. The van der Waals surface area contributed by atoms with Crippen LogP contribution in [-0.2, 0) is 21.1 Å². The Kier molecular flexibility index (Phi) is 6.79. The topological polar surface area (TPSA) is 125 Å². The maximum atomic E-state index is 13.3. The average Bonchev–Trinajstić information content (AvgIpc) is 3.26. The van der Waals surface area contributed by atoms with Crippen LogP contribution in [0.25, 0.3) is 6.08 Å². The lowest BCUT2D eigenvalue weighted by molar-refractivity contribution is -0.300. The first-order chi connectivity index (χ1) is 18.1. The molecule has 3 aromatic carbocycles. The summed E-state index contributed by atoms with van der Waals surface area (Å²) in [5.74, 6) is -0.0988. The zero-order chi connectivity index (χ0) is 25.8. The summed E-state index contributed by atoms with van der Waals surface area (Å²) in [4.78, 5) is 46.9. The molecule has 0 bridgehead atoms. The highest BCUT2D eigenvalue weighted by atomic mass is 17.3. The van der Waals surface area contributed by atoms with Crippen molar-refractivity contribution in [2.45, 2.75) is 12.8 Å². The van der Waals surface area contributed by atoms with Crippen LogP contribution in [0.2, 0.25) is 0 Å². The quantitative estimate of drug-likeness (QED) is 0.200. The van der Waals surface area contributed by atoms with E-state index in [-0.39, 0.29) is 23.1 Å². The highest BCUT2D eigenvalue weighted by Gasteiger charge is 2.32. The largest absolute Gasteiger partial charge is 0.341 e. The van der Waals surface area contributed by atoms with E-state index in [9.17, 15) is 14.6 Å². The first-order valence-electron chi connectivity index (χ1n) is 11.5. The van der Waals surface area contributed by atoms with E-state index in [1.54, 1.807) is 30.3 Å². The number of carbonyl (C=O) groups is 1. The Morgan fingerprint density at radius 1 is 0.973 bits per heavy atom. The van der Waals surface area contributed by atoms with Crippen LogP contribution in [0.1, 0.15) is 17.5 Å². The summed E-state index contributed by atoms with van der Waals surface area (Å²) in [6, 6.07) is 19.8. The van der Waals surface area contributed by atoms with Gasteiger partial charge >= 0.3 is 0 Å². The van der Waals surface area contributed by atoms with Crippen molar-refractivity contribution >= 4 is 46.3 Å². The van der Waals surface area contributed by atoms with Crippen molar-refractivity contribution in [3.8, 4) is 0 Å². The van der Waals surface area contributed by atoms with Crippen molar-refractivity contribution in [1.82, 2.24) is 5.48 Å². The van der Waals surface area contributed by atoms with Crippen LogP contribution in [0.15, 0.2) is 87.8 Å². The normalized spacial score (nSPS) is 16.0. The van der Waals surface area contributed by atoms with Gasteiger partial charge < -0.3 is 4.90 Å². The molecule has 186 valence electrons. The molecule has 0 saturated heterocycles. The Bertz CT molecular complexity index is 1420. The second-order valence-corrected chi connectivity index (χ2v) is 8.31. The minimum Gasteiger partial charge on any atom is -0.341 e. The number of amidine groups is 1. The number of nitroso groups, excluding NO2 is 2. The van der Waals surface area contributed by atoms with E-state index in [1.165, 1.54) is 18.2 Å². The van der Waals surface area contributed by atoms with Gasteiger partial charge in [-0.2, -0.15) is 5.01 Å². The van der Waals surface area contributed by atoms with E-state index in [0.717, 1.165) is 41.9 Å². The zero-order valence-electron chi connectivity index (χ0n) is 19.8. The third kappa shape index (κ3) is 4.73. The molecule has 0 radical (unpaired) electrons. The lowest BCUT2D eigenvalue weighted by atomic mass is 9.97. The summed E-state index contributed by atoms with van der Waals surface area (Å²) in [5, 5.41) is 11.5. The second-order valence-electron chi connectivity index (χ2n) is 8.31. The number of hydrogen-bond donors (Lipinski definition) is 1. The number of nitrogens with zero attached hydrogens (tertiary/aromatic N) is 5. The molecule has 5 rings (SSSR count). The predicted octanol–water partition coefficient (Wildman–Crippen LogP) is 5.39. The maximum Gasteiger partial charge on any atom is 0.282 e. The fraction of sp³-hybridized carbons (Fsp3) is 0.154. The number of rotatable bonds is 7. The van der Waals surface area contributed by atoms with E-state index in [4.69, 9.17) is 4.99 Å². The minimum absolute atomic E-state index is 0.00119. The number of anilines is 3. The van der Waals surface area contributed by atoms with Gasteiger partial charge in [0.05, 0.1) is 18.4 Å². The van der Waals surface area contributed by atoms with Crippen LogP contribution in [0.4, 0.5) is 28.4 Å². The zero-order valence-corrected chi connectivity index (χ0v) is 19.8. The van der Waals surface area contributed by atoms with Crippen molar-refractivity contribution < 1.29 is 14.7 Å². The third-order valence-corrected chi connectivity index (χ3v) is 6.10. The molecule has 0 aliphatic carbocycles. The number of para-hydroxylation sites is 1. The molecule has 2 aliphatic rings. The van der Waals surface area contributed by atoms with Crippen LogP contribution in [0.3, 0.4) is 0 Å². The van der Waals surface area contributed by atoms with Gasteiger partial charge in [-0.25, -0.2) is 10.4 Å². The molecule has 1 amide bonds. The minimum atomic E-state index is -0.314. The van der Waals surface area contributed by atoms with Crippen molar-refractivity contribution in [1.29, 1.82) is 0 Å². The van der Waals surface area contributed by atoms with Gasteiger partial charge in [0.2, 0.25) is 0 Å². The van der Waals surface area contributed by atoms with Crippen LogP contribution < -0.4 is 15.4 Å². The number of fused-ring (bicyclic) bond motifs is 1. The molecule has 11 nitrogen and oxygen atoms in total. The predicted molar refractivity (Wildman–Crippen MR) is 140 cm³/mol. The van der Waals surface area contributed by atoms with Crippen molar-refractivity contribution in [2.75, 3.05) is 23.6 Å². The second kappa shape index (κ2) is 10.5. The van der Waals surface area contributed by atoms with E-state index in [1.807, 2.05) is 36.4 Å². The lowest BCUT2D eigenvalue weighted by Crippen LogP contribution is -2.26. The Hall–Kier alpha value is -4.74. The molecule has 3 aromatic rings. The number of hydrogen-bond acceptors (Lipinski definition) is 10. The molecule has 0 spiro atoms. The molecule has 11 heteroatoms. The molecule has 2 aliphatic heterocycles. The van der Waals surface area contributed by atoms with Gasteiger partial charge in [-0.05, 0) is 82.9 Å². The number of amides is 1. The van der Waals surface area contributed by atoms with Crippen LogP contribution in [-0.4, -0.2) is 25.4 Å². The molecular formula is C26H22N6O5. The van der Waals surface area contributed by atoms with E-state index >= 15 is 0 Å². The molecule has 2 heterocycles. The molecular weight excluding hydrogens is 476 g/mol. The molecule has 0 saturated carbocycles. The number of carbonyl (C=O) groups excluding carboxylic acids is 1. The average molecular weight is 498 g/mol. The van der Waals surface area contributed by atoms with Crippen molar-refractivity contribution in [3.05, 3.63) is 93.2 Å². The van der Waals surface area contributed by atoms with E-state index < -0.39 is 0 Å². The van der Waals surface area contributed by atoms with Gasteiger partial charge in [0.25, 0.3) is 5.91 Å². The Morgan fingerprint density at radius 2 is 1.78 bits per heavy atom. The van der Waals surface area contributed by atoms with Crippen molar-refractivity contribution in [2.24, 2.45) is 15.5 Å². The van der Waals surface area contributed by atoms with Gasteiger partial charge in [0, 0.05) is 17.9 Å². The van der Waals surface area contributed by atoms with E-state index in [2.05, 4.69) is 30.7 Å². The smallest absolute Gasteiger partial charge is 0.282 e. The van der Waals surface area contributed by atoms with Gasteiger partial charge in [0.1, 0.15) is 11.4 Å². The fourth-order valence-corrected chi connectivity index (χ4v) is 4.42. The number of benzene rings is 3. The highest BCUT2D eigenvalue weighted by Crippen LogP contribution is 2.39. The maximum absolute atomic E-state index is 13.3. The van der Waals surface area contributed by atoms with Crippen LogP contribution in [0.5, 0.6) is 0 Å². The number of hydroxylamine groups is 1. The van der Waals surface area contributed by atoms with Gasteiger partial charge in [0.15, 0.2) is 5.84 Å². The number of aryl methyl sites for hydroxylation is 1. The third-order valence-electron chi connectivity index (χ3n) is 6.10. The van der Waals surface area contributed by atoms with Gasteiger partial charge in [-0.3, -0.25) is 4.79 Å². The van der Waals surface area contributed by atoms with Gasteiger partial charge in [-0.15, -0.1) is 19.9 Å². The van der Waals surface area contributed by atoms with Crippen molar-refractivity contribution in [3.63, 3.8) is 0 Å². The summed E-state index contributed by atoms with van der Waals surface area (Å²) < 4.78 is 0. The summed E-state index contributed by atoms with van der Waals surface area (Å²) in [6.45, 7) is 0.735. The molecule has 37 heavy (non-hydrogen) atoms. The van der Waals surface area contributed by atoms with Gasteiger partial charge in [-0.1, -0.05) is 24.3 Å². The first-order valence-corrected chi connectivity index (χ1v) is 11.5. The highest BCUT2D eigenvalue weighted by molar-refractivity contribution is 6.31. The SMILES string of the molecule is COONC1=NN(c2ccccc2)C(=O)/C1=C\c1ccc2c(c1)CCCN2c1ccc(N=O)c(N=O)c1. The summed E-state index contributed by atoms with van der Waals surface area (Å²) in [5.41, 5.74) is 7.10. The molecule has 0 fully saturated rings. The number of nitrogens with one attached hydrogen (secondary N) is 1. The summed E-state index contributed by atoms with van der Waals surface area (Å²) in [6.07, 6.45) is 3.46. The Morgan fingerprint density at radius 3 is 2.54 bits per heavy atom. The van der Waals surface area contributed by atoms with Crippen LogP contribution in [0, 0.1) is 9.81 Å². The molecule has 0 atom stereocenters. The van der Waals surface area contributed by atoms with E-state index in [0.29, 0.717) is 11.3 Å². The lowest BCUT2D eigenvalue weighted by Gasteiger charge is -2.31.